The first-order chi connectivity index (χ1) is 38.9. The molecule has 2 aromatic heterocycles. The number of aromatic nitrogens is 2. The highest BCUT2D eigenvalue weighted by Gasteiger charge is 2.43. The Labute approximate surface area is 488 Å². The lowest BCUT2D eigenvalue weighted by molar-refractivity contribution is -0.132. The van der Waals surface area contributed by atoms with Gasteiger partial charge in [-0.25, -0.2) is 9.59 Å². The molecule has 5 aromatic rings. The molecular formula is C62H82N6O12S2. The third-order valence-corrected chi connectivity index (χ3v) is 18.1. The Bertz CT molecular complexity index is 3200. The van der Waals surface area contributed by atoms with E-state index in [9.17, 15) is 34.5 Å². The van der Waals surface area contributed by atoms with Crippen molar-refractivity contribution in [3.8, 4) is 17.2 Å². The third-order valence-electron chi connectivity index (χ3n) is 15.9. The van der Waals surface area contributed by atoms with Crippen molar-refractivity contribution in [3.63, 3.8) is 0 Å². The minimum atomic E-state index is -0.886. The van der Waals surface area contributed by atoms with Crippen molar-refractivity contribution < 1.29 is 48.6 Å². The van der Waals surface area contributed by atoms with Crippen molar-refractivity contribution in [2.75, 3.05) is 36.9 Å². The average molecular weight is 1170 g/mol. The lowest BCUT2D eigenvalue weighted by atomic mass is 9.72. The molecule has 5 aliphatic rings. The molecule has 444 valence electrons. The second-order valence-corrected chi connectivity index (χ2v) is 26.0. The van der Waals surface area contributed by atoms with E-state index in [2.05, 4.69) is 27.4 Å². The van der Waals surface area contributed by atoms with Crippen molar-refractivity contribution in [1.29, 1.82) is 0 Å². The quantitative estimate of drug-likeness (QED) is 0.0430. The minimum absolute atomic E-state index is 0.0124. The number of thioether (sulfide) groups is 2. The van der Waals surface area contributed by atoms with Crippen molar-refractivity contribution in [2.24, 2.45) is 17.8 Å². The molecule has 0 unspecified atom stereocenters. The van der Waals surface area contributed by atoms with E-state index in [1.165, 1.54) is 35.2 Å². The number of nitrogens with zero attached hydrogens (tertiary/aromatic N) is 3. The number of hydrogen-bond donors (Lipinski definition) is 7. The number of likely N-dealkylation sites (tertiary alicyclic amines) is 1. The second-order valence-electron chi connectivity index (χ2n) is 23.7. The van der Waals surface area contributed by atoms with Crippen LogP contribution in [0.4, 0.5) is 5.82 Å². The van der Waals surface area contributed by atoms with Gasteiger partial charge in [-0.1, -0.05) is 63.8 Å². The topological polar surface area (TPSA) is 261 Å². The molecule has 10 rings (SSSR count). The fourth-order valence-corrected chi connectivity index (χ4v) is 13.3. The third kappa shape index (κ3) is 14.9. The number of piperidine rings is 1. The smallest absolute Gasteiger partial charge is 0.351 e. The first kappa shape index (κ1) is 62.2. The number of aryl methyl sites for hydroxylation is 1. The number of benzene rings is 3. The van der Waals surface area contributed by atoms with Crippen LogP contribution in [-0.2, 0) is 16.0 Å². The number of aliphatic hydroxyl groups excluding tert-OH is 3. The molecule has 1 saturated carbocycles. The number of carbonyl (C=O) groups is 2. The summed E-state index contributed by atoms with van der Waals surface area (Å²) >= 11 is 3.04. The SMILES string of the molecule is CCCc1cc(=O)oc2c3c(c4c(c12)OC(C)(C)C=C4)O[C@H](C)[C@@H](C)[C@@H]3O.Cc1c(O)cccc1C(=O)N[C@@H](CSc1ccccc1)[C@H](O)CN1C[C@H]2CCCC[C@H]2C[C@H]1C(=O)NC(C)(C)C.Nc1ccn([C@@H]2CS[C@H](CO)O2)c(=O)n1. The van der Waals surface area contributed by atoms with Crippen LogP contribution in [0.1, 0.15) is 139 Å². The van der Waals surface area contributed by atoms with Crippen LogP contribution < -0.4 is 37.2 Å². The van der Waals surface area contributed by atoms with E-state index in [1.807, 2.05) is 91.0 Å². The fourth-order valence-electron chi connectivity index (χ4n) is 11.4. The van der Waals surface area contributed by atoms with Gasteiger partial charge in [-0.05, 0) is 128 Å². The van der Waals surface area contributed by atoms with Gasteiger partial charge in [-0.3, -0.25) is 19.1 Å². The number of anilines is 1. The summed E-state index contributed by atoms with van der Waals surface area (Å²) in [6.07, 6.45) is 10.5. The zero-order chi connectivity index (χ0) is 59.2. The number of rotatable bonds is 13. The molecular weight excluding hydrogens is 1080 g/mol. The summed E-state index contributed by atoms with van der Waals surface area (Å²) in [7, 11) is 0. The number of nitrogen functional groups attached to an aromatic ring is 1. The van der Waals surface area contributed by atoms with Gasteiger partial charge in [0.2, 0.25) is 5.91 Å². The Hall–Kier alpha value is -5.87. The molecule has 82 heavy (non-hydrogen) atoms. The van der Waals surface area contributed by atoms with Crippen molar-refractivity contribution in [3.05, 3.63) is 122 Å². The van der Waals surface area contributed by atoms with E-state index in [4.69, 9.17) is 29.5 Å². The Morgan fingerprint density at radius 3 is 2.44 bits per heavy atom. The highest BCUT2D eigenvalue weighted by atomic mass is 32.2. The van der Waals surface area contributed by atoms with E-state index < -0.39 is 35.2 Å². The first-order valence-corrected chi connectivity index (χ1v) is 30.6. The minimum Gasteiger partial charge on any atom is -0.508 e. The predicted molar refractivity (Wildman–Crippen MR) is 321 cm³/mol. The van der Waals surface area contributed by atoms with Crippen molar-refractivity contribution in [2.45, 2.75) is 165 Å². The summed E-state index contributed by atoms with van der Waals surface area (Å²) in [5.41, 5.74) is 6.94. The van der Waals surface area contributed by atoms with E-state index in [1.54, 1.807) is 49.1 Å². The number of phenols is 1. The number of nitrogens with two attached hydrogens (primary N) is 1. The molecule has 0 radical (unpaired) electrons. The van der Waals surface area contributed by atoms with Gasteiger partial charge in [0.1, 0.15) is 46.4 Å². The van der Waals surface area contributed by atoms with E-state index in [0.717, 1.165) is 60.1 Å². The van der Waals surface area contributed by atoms with Crippen LogP contribution in [-0.4, -0.2) is 119 Å². The number of aliphatic hydroxyl groups is 3. The molecule has 0 spiro atoms. The van der Waals surface area contributed by atoms with Crippen molar-refractivity contribution >= 4 is 58.2 Å². The van der Waals surface area contributed by atoms with Gasteiger partial charge in [0, 0.05) is 64.3 Å². The number of β-amino-alcohol motifs (C(OH)–C–C–N with tert-alkyl or cyclic N) is 1. The highest BCUT2D eigenvalue weighted by molar-refractivity contribution is 8.00. The largest absolute Gasteiger partial charge is 0.508 e. The molecule has 3 aromatic carbocycles. The molecule has 20 heteroatoms. The number of amides is 2. The fraction of sp³-hybridized carbons (Fsp3) is 0.532. The number of aromatic hydroxyl groups is 1. The Kier molecular flexibility index (Phi) is 20.3. The Morgan fingerprint density at radius 1 is 1.02 bits per heavy atom. The van der Waals surface area contributed by atoms with Crippen LogP contribution in [0.2, 0.25) is 0 Å². The van der Waals surface area contributed by atoms with Gasteiger partial charge >= 0.3 is 11.3 Å². The highest BCUT2D eigenvalue weighted by Crippen LogP contribution is 2.52. The lowest BCUT2D eigenvalue weighted by Gasteiger charge is -2.47. The van der Waals surface area contributed by atoms with Gasteiger partial charge in [-0.15, -0.1) is 23.5 Å². The maximum absolute atomic E-state index is 13.5. The lowest BCUT2D eigenvalue weighted by Crippen LogP contribution is -2.60. The normalized spacial score (nSPS) is 24.3. The molecule has 8 N–H and O–H groups in total. The Morgan fingerprint density at radius 2 is 1.76 bits per heavy atom. The maximum atomic E-state index is 13.5. The predicted octanol–water partition coefficient (Wildman–Crippen LogP) is 8.53. The maximum Gasteiger partial charge on any atom is 0.351 e. The number of nitrogens with one attached hydrogen (secondary N) is 2. The zero-order valence-electron chi connectivity index (χ0n) is 48.6. The van der Waals surface area contributed by atoms with E-state index in [0.29, 0.717) is 63.7 Å². The summed E-state index contributed by atoms with van der Waals surface area (Å²) in [6, 6.07) is 17.0. The number of phenolic OH excluding ortho intramolecular Hbond substituents is 1. The second kappa shape index (κ2) is 26.8. The number of fused-ring (bicyclic) bond motifs is 7. The van der Waals surface area contributed by atoms with Crippen LogP contribution in [0.25, 0.3) is 17.0 Å². The number of carbonyl (C=O) groups excluding carboxylic acids is 2. The number of hydrogen-bond acceptors (Lipinski definition) is 17. The molecule has 1 aliphatic carbocycles. The summed E-state index contributed by atoms with van der Waals surface area (Å²) in [5, 5.41) is 48.6. The van der Waals surface area contributed by atoms with Crippen LogP contribution in [0.5, 0.6) is 17.2 Å². The average Bonchev–Trinajstić information content (AvgIpc) is 3.30. The first-order valence-electron chi connectivity index (χ1n) is 28.6. The van der Waals surface area contributed by atoms with Gasteiger partial charge < -0.3 is 55.4 Å². The molecule has 0 bridgehead atoms. The molecule has 3 fully saturated rings. The molecule has 10 atom stereocenters. The molecule has 2 saturated heterocycles. The zero-order valence-corrected chi connectivity index (χ0v) is 50.2. The molecule has 18 nitrogen and oxygen atoms in total. The van der Waals surface area contributed by atoms with E-state index in [-0.39, 0.29) is 65.3 Å². The standard InChI is InChI=1S/C32H45N3O4S.C22H26O5.C8H11N3O3S/c1-21-25(15-10-16-28(21)36)30(38)33-26(20-40-24-13-6-5-7-14-24)29(37)19-35-18-23-12-9-8-11-22(23)17-27(35)31(39)34-32(2,3)4;1-6-7-13-10-15(23)26-21-16(13)20-14(8-9-22(4,5)27-20)19-17(21)18(24)11(2)12(3)25-19;9-5-1-2-11(8(13)10-5)6-4-15-7(3-12)14-6/h5-7,10,13-16,22-23,26-27,29,36-37H,8-9,11-12,17-20H2,1-4H3,(H,33,38)(H,34,39);8-12,18,24H,6-7H2,1-5H3;1-2,6-7,12H,3-4H2,(H2,9,10,13)/t22-,23+,26-,27-,29+;11-,12-,18+;6-,7+/m010/s1. The van der Waals surface area contributed by atoms with Crippen LogP contribution >= 0.6 is 23.5 Å². The summed E-state index contributed by atoms with van der Waals surface area (Å²) in [5.74, 6) is 3.19. The van der Waals surface area contributed by atoms with Gasteiger partial charge in [0.15, 0.2) is 5.58 Å². The number of ether oxygens (including phenoxy) is 3. The summed E-state index contributed by atoms with van der Waals surface area (Å²) in [4.78, 5) is 57.3. The van der Waals surface area contributed by atoms with Gasteiger partial charge in [0.05, 0.1) is 47.4 Å². The van der Waals surface area contributed by atoms with Crippen LogP contribution in [0, 0.1) is 24.7 Å². The van der Waals surface area contributed by atoms with E-state index >= 15 is 0 Å². The monoisotopic (exact) mass is 1170 g/mol. The molecule has 6 heterocycles. The van der Waals surface area contributed by atoms with Gasteiger partial charge in [-0.2, -0.15) is 4.98 Å². The summed E-state index contributed by atoms with van der Waals surface area (Å²) < 4.78 is 24.9. The van der Waals surface area contributed by atoms with Crippen LogP contribution in [0.3, 0.4) is 0 Å². The van der Waals surface area contributed by atoms with Crippen molar-refractivity contribution in [1.82, 2.24) is 25.1 Å². The Balaban J connectivity index is 0.000000179. The molecule has 4 aliphatic heterocycles. The van der Waals surface area contributed by atoms with Gasteiger partial charge in [0.25, 0.3) is 5.91 Å². The molecule has 2 amide bonds. The van der Waals surface area contributed by atoms with Crippen LogP contribution in [0.15, 0.2) is 91.8 Å². The summed E-state index contributed by atoms with van der Waals surface area (Å²) in [6.45, 7) is 18.6.